The zero-order chi connectivity index (χ0) is 22.1. The van der Waals surface area contributed by atoms with Crippen LogP contribution in [0.25, 0.3) is 0 Å². The van der Waals surface area contributed by atoms with Gasteiger partial charge >= 0.3 is 12.2 Å². The number of oxime groups is 1. The standard InChI is InChI=1S/C20H21F3N4O3/c1-3-18(28)25-26-19(29)24-17-10-5-4-7-15(17)12-30-27-13(2)14-8-6-9-16(11-14)20(21,22)23/h4-11H,3,12H2,1-2H3,(H,25,28)(H2,24,26,29)/b27-13+. The summed E-state index contributed by atoms with van der Waals surface area (Å²) < 4.78 is 38.5. The van der Waals surface area contributed by atoms with E-state index in [0.717, 1.165) is 12.1 Å². The van der Waals surface area contributed by atoms with E-state index in [9.17, 15) is 22.8 Å². The molecule has 30 heavy (non-hydrogen) atoms. The number of amides is 3. The fourth-order valence-electron chi connectivity index (χ4n) is 2.31. The van der Waals surface area contributed by atoms with E-state index in [1.165, 1.54) is 19.1 Å². The van der Waals surface area contributed by atoms with Crippen LogP contribution < -0.4 is 16.2 Å². The minimum absolute atomic E-state index is 0.0337. The molecule has 2 rings (SSSR count). The maximum Gasteiger partial charge on any atom is 0.416 e. The molecule has 0 unspecified atom stereocenters. The molecule has 0 bridgehead atoms. The van der Waals surface area contributed by atoms with Gasteiger partial charge in [0.25, 0.3) is 0 Å². The van der Waals surface area contributed by atoms with Gasteiger partial charge < -0.3 is 10.2 Å². The summed E-state index contributed by atoms with van der Waals surface area (Å²) in [6.07, 6.45) is -4.23. The van der Waals surface area contributed by atoms with E-state index in [-0.39, 0.29) is 30.2 Å². The van der Waals surface area contributed by atoms with Gasteiger partial charge in [0.2, 0.25) is 5.91 Å². The predicted octanol–water partition coefficient (Wildman–Crippen LogP) is 4.21. The summed E-state index contributed by atoms with van der Waals surface area (Å²) in [5.74, 6) is -0.346. The second kappa shape index (κ2) is 10.3. The van der Waals surface area contributed by atoms with Crippen molar-refractivity contribution < 1.29 is 27.6 Å². The topological polar surface area (TPSA) is 91.8 Å². The van der Waals surface area contributed by atoms with Crippen molar-refractivity contribution in [2.24, 2.45) is 5.16 Å². The van der Waals surface area contributed by atoms with Crippen LogP contribution >= 0.6 is 0 Å². The lowest BCUT2D eigenvalue weighted by atomic mass is 10.1. The molecule has 0 radical (unpaired) electrons. The molecular weight excluding hydrogens is 401 g/mol. The average molecular weight is 422 g/mol. The van der Waals surface area contributed by atoms with Crippen LogP contribution in [-0.2, 0) is 22.4 Å². The fourth-order valence-corrected chi connectivity index (χ4v) is 2.31. The number of nitrogens with one attached hydrogen (secondary N) is 3. The van der Waals surface area contributed by atoms with Crippen molar-refractivity contribution in [1.29, 1.82) is 0 Å². The van der Waals surface area contributed by atoms with Crippen LogP contribution in [0.15, 0.2) is 53.7 Å². The molecule has 0 aromatic heterocycles. The van der Waals surface area contributed by atoms with Crippen LogP contribution in [0.2, 0.25) is 0 Å². The number of hydrogen-bond acceptors (Lipinski definition) is 4. The summed E-state index contributed by atoms with van der Waals surface area (Å²) in [6.45, 7) is 3.14. The second-order valence-corrected chi connectivity index (χ2v) is 6.17. The number of hydrogen-bond donors (Lipinski definition) is 3. The number of alkyl halides is 3. The zero-order valence-electron chi connectivity index (χ0n) is 16.3. The van der Waals surface area contributed by atoms with E-state index in [0.29, 0.717) is 11.3 Å². The molecule has 2 aromatic rings. The maximum absolute atomic E-state index is 12.8. The van der Waals surface area contributed by atoms with Gasteiger partial charge in [-0.3, -0.25) is 10.2 Å². The minimum atomic E-state index is -4.45. The first-order chi connectivity index (χ1) is 14.2. The van der Waals surface area contributed by atoms with Gasteiger partial charge in [0, 0.05) is 17.7 Å². The predicted molar refractivity (Wildman–Crippen MR) is 105 cm³/mol. The van der Waals surface area contributed by atoms with E-state index in [1.807, 2.05) is 0 Å². The molecule has 3 amide bonds. The van der Waals surface area contributed by atoms with Crippen LogP contribution in [0.4, 0.5) is 23.7 Å². The largest absolute Gasteiger partial charge is 0.416 e. The molecular formula is C20H21F3N4O3. The van der Waals surface area contributed by atoms with Crippen molar-refractivity contribution in [2.75, 3.05) is 5.32 Å². The lowest BCUT2D eigenvalue weighted by Crippen LogP contribution is -2.43. The van der Waals surface area contributed by atoms with Crippen molar-refractivity contribution in [2.45, 2.75) is 33.1 Å². The zero-order valence-corrected chi connectivity index (χ0v) is 16.3. The molecule has 0 saturated carbocycles. The van der Waals surface area contributed by atoms with Crippen LogP contribution in [-0.4, -0.2) is 17.6 Å². The number of hydrazine groups is 1. The van der Waals surface area contributed by atoms with E-state index in [4.69, 9.17) is 4.84 Å². The van der Waals surface area contributed by atoms with E-state index in [2.05, 4.69) is 21.3 Å². The van der Waals surface area contributed by atoms with Gasteiger partial charge in [-0.2, -0.15) is 13.2 Å². The highest BCUT2D eigenvalue weighted by Crippen LogP contribution is 2.29. The average Bonchev–Trinajstić information content (AvgIpc) is 2.72. The first-order valence-corrected chi connectivity index (χ1v) is 8.98. The Labute approximate surface area is 171 Å². The molecule has 0 atom stereocenters. The van der Waals surface area contributed by atoms with Gasteiger partial charge in [-0.15, -0.1) is 0 Å². The fraction of sp³-hybridized carbons (Fsp3) is 0.250. The molecule has 0 heterocycles. The lowest BCUT2D eigenvalue weighted by Gasteiger charge is -2.12. The number of nitrogens with zero attached hydrogens (tertiary/aromatic N) is 1. The van der Waals surface area contributed by atoms with Gasteiger partial charge in [0.1, 0.15) is 6.61 Å². The molecule has 2 aromatic carbocycles. The van der Waals surface area contributed by atoms with Crippen LogP contribution in [0, 0.1) is 0 Å². The van der Waals surface area contributed by atoms with Crippen molar-refractivity contribution in [1.82, 2.24) is 10.9 Å². The summed E-state index contributed by atoms with van der Waals surface area (Å²) in [4.78, 5) is 28.3. The highest BCUT2D eigenvalue weighted by molar-refractivity contribution is 5.98. The van der Waals surface area contributed by atoms with Crippen molar-refractivity contribution in [3.05, 3.63) is 65.2 Å². The Morgan fingerprint density at radius 3 is 2.50 bits per heavy atom. The Morgan fingerprint density at radius 1 is 1.07 bits per heavy atom. The molecule has 0 fully saturated rings. The molecule has 0 spiro atoms. The molecule has 3 N–H and O–H groups in total. The van der Waals surface area contributed by atoms with Gasteiger partial charge in [-0.25, -0.2) is 10.2 Å². The molecule has 10 heteroatoms. The number of carbonyl (C=O) groups excluding carboxylic acids is 2. The summed E-state index contributed by atoms with van der Waals surface area (Å²) in [5, 5.41) is 6.43. The molecule has 160 valence electrons. The van der Waals surface area contributed by atoms with Crippen LogP contribution in [0.1, 0.15) is 37.0 Å². The quantitative estimate of drug-likeness (QED) is 0.481. The van der Waals surface area contributed by atoms with Crippen LogP contribution in [0.5, 0.6) is 0 Å². The second-order valence-electron chi connectivity index (χ2n) is 6.17. The summed E-state index contributed by atoms with van der Waals surface area (Å²) in [5.41, 5.74) is 5.22. The molecule has 0 aliphatic rings. The Balaban J connectivity index is 2.01. The van der Waals surface area contributed by atoms with E-state index < -0.39 is 17.8 Å². The van der Waals surface area contributed by atoms with Gasteiger partial charge in [-0.05, 0) is 30.7 Å². The minimum Gasteiger partial charge on any atom is -0.391 e. The molecule has 0 aliphatic carbocycles. The van der Waals surface area contributed by atoms with Gasteiger partial charge in [0.05, 0.1) is 11.3 Å². The normalized spacial score (nSPS) is 11.6. The Bertz CT molecular complexity index is 930. The number of para-hydroxylation sites is 1. The Kier molecular flexibility index (Phi) is 7.79. The first kappa shape index (κ1) is 22.7. The third kappa shape index (κ3) is 6.80. The van der Waals surface area contributed by atoms with Gasteiger partial charge in [0.15, 0.2) is 0 Å². The van der Waals surface area contributed by atoms with Gasteiger partial charge in [-0.1, -0.05) is 42.4 Å². The molecule has 0 aliphatic heterocycles. The summed E-state index contributed by atoms with van der Waals surface area (Å²) >= 11 is 0. The monoisotopic (exact) mass is 422 g/mol. The summed E-state index contributed by atoms with van der Waals surface area (Å²) in [7, 11) is 0. The number of anilines is 1. The highest BCUT2D eigenvalue weighted by atomic mass is 19.4. The molecule has 7 nitrogen and oxygen atoms in total. The highest BCUT2D eigenvalue weighted by Gasteiger charge is 2.30. The van der Waals surface area contributed by atoms with E-state index >= 15 is 0 Å². The third-order valence-electron chi connectivity index (χ3n) is 3.93. The van der Waals surface area contributed by atoms with Crippen molar-refractivity contribution in [3.8, 4) is 0 Å². The Hall–Kier alpha value is -3.56. The van der Waals surface area contributed by atoms with E-state index in [1.54, 1.807) is 31.2 Å². The number of halogens is 3. The smallest absolute Gasteiger partial charge is 0.391 e. The Morgan fingerprint density at radius 2 is 1.80 bits per heavy atom. The van der Waals surface area contributed by atoms with Crippen molar-refractivity contribution >= 4 is 23.3 Å². The van der Waals surface area contributed by atoms with Crippen molar-refractivity contribution in [3.63, 3.8) is 0 Å². The number of urea groups is 1. The third-order valence-corrected chi connectivity index (χ3v) is 3.93. The van der Waals surface area contributed by atoms with Crippen LogP contribution in [0.3, 0.4) is 0 Å². The number of carbonyl (C=O) groups is 2. The lowest BCUT2D eigenvalue weighted by molar-refractivity contribution is -0.137. The first-order valence-electron chi connectivity index (χ1n) is 8.98. The summed E-state index contributed by atoms with van der Waals surface area (Å²) in [6, 6.07) is 10.9. The SMILES string of the molecule is CCC(=O)NNC(=O)Nc1ccccc1CO/N=C(\C)c1cccc(C(F)(F)F)c1. The maximum atomic E-state index is 12.8. The number of benzene rings is 2. The molecule has 0 saturated heterocycles. The number of rotatable bonds is 6.